The second-order valence-electron chi connectivity index (χ2n) is 1.28. The van der Waals surface area contributed by atoms with Crippen LogP contribution in [0.1, 0.15) is 0 Å². The number of carboxylic acids is 1. The minimum atomic E-state index is -3.75. The molecule has 0 bridgehead atoms. The predicted octanol–water partition coefficient (Wildman–Crippen LogP) is 0.420. The Bertz CT molecular complexity index is 121. The third-order valence-corrected chi connectivity index (χ3v) is 0.978. The van der Waals surface area contributed by atoms with E-state index in [4.69, 9.17) is 10.2 Å². The molecular formula is C3H3BrF2O3. The normalized spacial score (nSPS) is 15.1. The quantitative estimate of drug-likeness (QED) is 0.642. The van der Waals surface area contributed by atoms with E-state index in [1.54, 1.807) is 15.9 Å². The lowest BCUT2D eigenvalue weighted by atomic mass is 10.4. The van der Waals surface area contributed by atoms with Gasteiger partial charge in [-0.3, -0.25) is 0 Å². The first kappa shape index (κ1) is 8.77. The molecule has 1 unspecified atom stereocenters. The molecule has 0 aliphatic rings. The first-order valence-electron chi connectivity index (χ1n) is 1.83. The largest absolute Gasteiger partial charge is 0.479 e. The molecule has 0 spiro atoms. The van der Waals surface area contributed by atoms with Gasteiger partial charge in [0.05, 0.1) is 0 Å². The Kier molecular flexibility index (Phi) is 2.50. The number of hydrogen-bond donors (Lipinski definition) is 2. The molecule has 0 rings (SSSR count). The van der Waals surface area contributed by atoms with Crippen LogP contribution in [-0.2, 0) is 4.79 Å². The van der Waals surface area contributed by atoms with Crippen molar-refractivity contribution < 1.29 is 23.8 Å². The average molecular weight is 205 g/mol. The van der Waals surface area contributed by atoms with E-state index in [9.17, 15) is 13.6 Å². The number of aliphatic hydroxyl groups is 1. The van der Waals surface area contributed by atoms with Gasteiger partial charge in [-0.05, 0) is 15.9 Å². The smallest absolute Gasteiger partial charge is 0.339 e. The van der Waals surface area contributed by atoms with Crippen LogP contribution in [0.3, 0.4) is 0 Å². The number of carbonyl (C=O) groups is 1. The highest BCUT2D eigenvalue weighted by atomic mass is 79.9. The van der Waals surface area contributed by atoms with Crippen molar-refractivity contribution in [3.63, 3.8) is 0 Å². The summed E-state index contributed by atoms with van der Waals surface area (Å²) in [6, 6.07) is 0. The number of aliphatic hydroxyl groups excluding tert-OH is 1. The number of alkyl halides is 3. The van der Waals surface area contributed by atoms with Crippen LogP contribution in [0.4, 0.5) is 8.78 Å². The molecule has 0 aromatic rings. The summed E-state index contributed by atoms with van der Waals surface area (Å²) >= 11 is 1.68. The van der Waals surface area contributed by atoms with Crippen molar-refractivity contribution in [3.05, 3.63) is 0 Å². The summed E-state index contributed by atoms with van der Waals surface area (Å²) in [6.07, 6.45) is -2.68. The van der Waals surface area contributed by atoms with Crippen molar-refractivity contribution in [2.45, 2.75) is 10.9 Å². The lowest BCUT2D eigenvalue weighted by Gasteiger charge is -2.10. The summed E-state index contributed by atoms with van der Waals surface area (Å²) in [7, 11) is 0. The van der Waals surface area contributed by atoms with Crippen molar-refractivity contribution in [1.29, 1.82) is 0 Å². The Morgan fingerprint density at radius 1 is 1.67 bits per heavy atom. The highest BCUT2D eigenvalue weighted by Crippen LogP contribution is 2.25. The monoisotopic (exact) mass is 204 g/mol. The third kappa shape index (κ3) is 2.71. The molecule has 0 saturated heterocycles. The molecule has 3 nitrogen and oxygen atoms in total. The molecule has 0 aliphatic heterocycles. The Morgan fingerprint density at radius 2 is 2.00 bits per heavy atom. The maximum absolute atomic E-state index is 11.7. The molecule has 0 aromatic carbocycles. The SMILES string of the molecule is O=C(O)C(O)C(F)(F)Br. The van der Waals surface area contributed by atoms with Crippen molar-refractivity contribution >= 4 is 21.9 Å². The molecule has 0 amide bonds. The maximum atomic E-state index is 11.7. The number of hydrogen-bond acceptors (Lipinski definition) is 2. The van der Waals surface area contributed by atoms with Gasteiger partial charge < -0.3 is 10.2 Å². The van der Waals surface area contributed by atoms with E-state index < -0.39 is 16.9 Å². The van der Waals surface area contributed by atoms with Crippen LogP contribution in [0.2, 0.25) is 0 Å². The summed E-state index contributed by atoms with van der Waals surface area (Å²) < 4.78 is 23.3. The van der Waals surface area contributed by atoms with Gasteiger partial charge in [-0.1, -0.05) is 0 Å². The fraction of sp³-hybridized carbons (Fsp3) is 0.667. The molecule has 6 heteroatoms. The Labute approximate surface area is 57.4 Å². The molecular weight excluding hydrogens is 202 g/mol. The summed E-state index contributed by atoms with van der Waals surface area (Å²) in [4.78, 5) is 5.83. The first-order chi connectivity index (χ1) is 3.85. The highest BCUT2D eigenvalue weighted by molar-refractivity contribution is 9.10. The standard InChI is InChI=1S/C3H3BrF2O3/c4-3(5,6)1(7)2(8)9/h1,7H,(H,8,9). The summed E-state index contributed by atoms with van der Waals surface area (Å²) in [5.41, 5.74) is 0. The van der Waals surface area contributed by atoms with Crippen LogP contribution in [0.25, 0.3) is 0 Å². The summed E-state index contributed by atoms with van der Waals surface area (Å²) in [6.45, 7) is 0. The highest BCUT2D eigenvalue weighted by Gasteiger charge is 2.40. The molecule has 0 fully saturated rings. The fourth-order valence-corrected chi connectivity index (χ4v) is 0.336. The molecule has 2 N–H and O–H groups in total. The van der Waals surface area contributed by atoms with Gasteiger partial charge in [-0.2, -0.15) is 8.78 Å². The van der Waals surface area contributed by atoms with Crippen molar-refractivity contribution in [2.24, 2.45) is 0 Å². The zero-order chi connectivity index (χ0) is 7.65. The zero-order valence-corrected chi connectivity index (χ0v) is 5.60. The molecule has 0 aliphatic carbocycles. The van der Waals surface area contributed by atoms with E-state index in [0.717, 1.165) is 0 Å². The van der Waals surface area contributed by atoms with Crippen LogP contribution in [0.5, 0.6) is 0 Å². The van der Waals surface area contributed by atoms with Gasteiger partial charge in [-0.15, -0.1) is 0 Å². The van der Waals surface area contributed by atoms with Gasteiger partial charge in [0.15, 0.2) is 0 Å². The van der Waals surface area contributed by atoms with Gasteiger partial charge in [0.2, 0.25) is 6.10 Å². The van der Waals surface area contributed by atoms with Crippen molar-refractivity contribution in [2.75, 3.05) is 0 Å². The fourth-order valence-electron chi connectivity index (χ4n) is 0.140. The topological polar surface area (TPSA) is 57.5 Å². The van der Waals surface area contributed by atoms with Gasteiger partial charge in [0.25, 0.3) is 0 Å². The van der Waals surface area contributed by atoms with Crippen LogP contribution >= 0.6 is 15.9 Å². The lowest BCUT2D eigenvalue weighted by molar-refractivity contribution is -0.157. The number of halogens is 3. The Hall–Kier alpha value is -0.230. The van der Waals surface area contributed by atoms with E-state index in [1.807, 2.05) is 0 Å². The van der Waals surface area contributed by atoms with Crippen LogP contribution < -0.4 is 0 Å². The molecule has 9 heavy (non-hydrogen) atoms. The average Bonchev–Trinajstić information content (AvgIpc) is 1.62. The van der Waals surface area contributed by atoms with Gasteiger partial charge >= 0.3 is 10.8 Å². The Balaban J connectivity index is 4.04. The zero-order valence-electron chi connectivity index (χ0n) is 4.01. The van der Waals surface area contributed by atoms with Crippen LogP contribution in [0.15, 0.2) is 0 Å². The second kappa shape index (κ2) is 2.57. The van der Waals surface area contributed by atoms with Gasteiger partial charge in [0.1, 0.15) is 0 Å². The van der Waals surface area contributed by atoms with E-state index in [0.29, 0.717) is 0 Å². The van der Waals surface area contributed by atoms with Crippen LogP contribution in [-0.4, -0.2) is 27.1 Å². The third-order valence-electron chi connectivity index (χ3n) is 0.544. The van der Waals surface area contributed by atoms with Gasteiger partial charge in [0, 0.05) is 0 Å². The predicted molar refractivity (Wildman–Crippen MR) is 27.5 cm³/mol. The Morgan fingerprint density at radius 3 is 2.00 bits per heavy atom. The van der Waals surface area contributed by atoms with E-state index >= 15 is 0 Å². The van der Waals surface area contributed by atoms with Crippen LogP contribution in [0, 0.1) is 0 Å². The number of carboxylic acid groups (broad SMARTS) is 1. The lowest BCUT2D eigenvalue weighted by Crippen LogP contribution is -2.34. The van der Waals surface area contributed by atoms with Crippen molar-refractivity contribution in [1.82, 2.24) is 0 Å². The summed E-state index contributed by atoms with van der Waals surface area (Å²) in [5.74, 6) is -1.96. The van der Waals surface area contributed by atoms with E-state index in [-0.39, 0.29) is 0 Å². The first-order valence-corrected chi connectivity index (χ1v) is 2.62. The van der Waals surface area contributed by atoms with Crippen molar-refractivity contribution in [3.8, 4) is 0 Å². The maximum Gasteiger partial charge on any atom is 0.339 e. The second-order valence-corrected chi connectivity index (χ2v) is 2.34. The number of rotatable bonds is 2. The molecule has 0 radical (unpaired) electrons. The minimum absolute atomic E-state index is 1.68. The van der Waals surface area contributed by atoms with Gasteiger partial charge in [-0.25, -0.2) is 4.79 Å². The minimum Gasteiger partial charge on any atom is -0.479 e. The molecule has 0 aromatic heterocycles. The van der Waals surface area contributed by atoms with E-state index in [1.165, 1.54) is 0 Å². The molecule has 54 valence electrons. The summed E-state index contributed by atoms with van der Waals surface area (Å²) in [5, 5.41) is 15.8. The number of aliphatic carboxylic acids is 1. The molecule has 0 heterocycles. The van der Waals surface area contributed by atoms with E-state index in [2.05, 4.69) is 0 Å². The molecule has 1 atom stereocenters. The molecule has 0 saturated carbocycles.